The predicted octanol–water partition coefficient (Wildman–Crippen LogP) is 2.39. The standard InChI is InChI=1S/C13H27N3/c1-10-9-11(10)16-12(14-5)15-8-6-7-13(2,3)4/h10-11H,6-9H2,1-5H3,(H2,14,15,16). The highest BCUT2D eigenvalue weighted by Gasteiger charge is 2.33. The molecule has 16 heavy (non-hydrogen) atoms. The first-order valence-corrected chi connectivity index (χ1v) is 6.39. The highest BCUT2D eigenvalue weighted by Crippen LogP contribution is 2.28. The number of nitrogens with zero attached hydrogens (tertiary/aromatic N) is 1. The van der Waals surface area contributed by atoms with Crippen molar-refractivity contribution >= 4 is 5.96 Å². The Balaban J connectivity index is 2.10. The van der Waals surface area contributed by atoms with Gasteiger partial charge in [0.05, 0.1) is 0 Å². The fourth-order valence-corrected chi connectivity index (χ4v) is 1.72. The lowest BCUT2D eigenvalue weighted by Gasteiger charge is -2.18. The van der Waals surface area contributed by atoms with Crippen molar-refractivity contribution in [2.75, 3.05) is 13.6 Å². The minimum atomic E-state index is 0.434. The topological polar surface area (TPSA) is 36.4 Å². The van der Waals surface area contributed by atoms with Crippen LogP contribution >= 0.6 is 0 Å². The maximum atomic E-state index is 4.23. The molecule has 2 unspecified atom stereocenters. The van der Waals surface area contributed by atoms with Crippen molar-refractivity contribution in [3.05, 3.63) is 0 Å². The summed E-state index contributed by atoms with van der Waals surface area (Å²) >= 11 is 0. The minimum absolute atomic E-state index is 0.434. The first-order chi connectivity index (χ1) is 7.42. The molecule has 1 aliphatic carbocycles. The number of guanidine groups is 1. The van der Waals surface area contributed by atoms with Gasteiger partial charge in [-0.05, 0) is 30.6 Å². The van der Waals surface area contributed by atoms with E-state index < -0.39 is 0 Å². The second kappa shape index (κ2) is 5.55. The van der Waals surface area contributed by atoms with Gasteiger partial charge in [-0.3, -0.25) is 4.99 Å². The van der Waals surface area contributed by atoms with Gasteiger partial charge in [-0.2, -0.15) is 0 Å². The van der Waals surface area contributed by atoms with E-state index in [2.05, 4.69) is 43.3 Å². The number of hydrogen-bond donors (Lipinski definition) is 2. The largest absolute Gasteiger partial charge is 0.356 e. The van der Waals surface area contributed by atoms with Gasteiger partial charge < -0.3 is 10.6 Å². The van der Waals surface area contributed by atoms with E-state index in [0.717, 1.165) is 18.4 Å². The van der Waals surface area contributed by atoms with Crippen LogP contribution in [0, 0.1) is 11.3 Å². The summed E-state index contributed by atoms with van der Waals surface area (Å²) in [4.78, 5) is 4.23. The summed E-state index contributed by atoms with van der Waals surface area (Å²) < 4.78 is 0. The van der Waals surface area contributed by atoms with Crippen LogP contribution in [0.1, 0.15) is 47.0 Å². The Morgan fingerprint density at radius 1 is 1.38 bits per heavy atom. The molecule has 0 aliphatic heterocycles. The van der Waals surface area contributed by atoms with Crippen molar-refractivity contribution in [3.63, 3.8) is 0 Å². The first-order valence-electron chi connectivity index (χ1n) is 6.39. The molecule has 2 atom stereocenters. The SMILES string of the molecule is CN=C(NCCCC(C)(C)C)NC1CC1C. The Bertz CT molecular complexity index is 240. The average Bonchev–Trinajstić information content (AvgIpc) is 2.85. The third-order valence-electron chi connectivity index (χ3n) is 3.05. The van der Waals surface area contributed by atoms with E-state index in [1.807, 2.05) is 7.05 Å². The Hall–Kier alpha value is -0.730. The third-order valence-corrected chi connectivity index (χ3v) is 3.05. The minimum Gasteiger partial charge on any atom is -0.356 e. The first kappa shape index (κ1) is 13.3. The van der Waals surface area contributed by atoms with E-state index in [1.54, 1.807) is 0 Å². The van der Waals surface area contributed by atoms with Gasteiger partial charge in [0.1, 0.15) is 0 Å². The zero-order chi connectivity index (χ0) is 12.2. The second-order valence-electron chi connectivity index (χ2n) is 6.13. The molecule has 0 spiro atoms. The number of aliphatic imine (C=N–C) groups is 1. The van der Waals surface area contributed by atoms with Crippen LogP contribution in [0.2, 0.25) is 0 Å². The zero-order valence-corrected chi connectivity index (χ0v) is 11.4. The van der Waals surface area contributed by atoms with E-state index in [9.17, 15) is 0 Å². The molecule has 1 fully saturated rings. The van der Waals surface area contributed by atoms with Crippen LogP contribution < -0.4 is 10.6 Å². The number of nitrogens with one attached hydrogen (secondary N) is 2. The molecule has 0 bridgehead atoms. The number of rotatable bonds is 4. The molecule has 2 N–H and O–H groups in total. The molecule has 1 aliphatic rings. The van der Waals surface area contributed by atoms with Crippen LogP contribution in [-0.2, 0) is 0 Å². The van der Waals surface area contributed by atoms with Crippen molar-refractivity contribution < 1.29 is 0 Å². The van der Waals surface area contributed by atoms with Gasteiger partial charge in [0, 0.05) is 19.6 Å². The van der Waals surface area contributed by atoms with Gasteiger partial charge in [-0.25, -0.2) is 0 Å². The molecular formula is C13H27N3. The van der Waals surface area contributed by atoms with Crippen LogP contribution in [0.15, 0.2) is 4.99 Å². The Morgan fingerprint density at radius 2 is 2.00 bits per heavy atom. The van der Waals surface area contributed by atoms with E-state index in [4.69, 9.17) is 0 Å². The van der Waals surface area contributed by atoms with Gasteiger partial charge in [0.25, 0.3) is 0 Å². The summed E-state index contributed by atoms with van der Waals surface area (Å²) in [7, 11) is 1.84. The molecule has 3 nitrogen and oxygen atoms in total. The summed E-state index contributed by atoms with van der Waals surface area (Å²) in [6.07, 6.45) is 3.73. The second-order valence-corrected chi connectivity index (χ2v) is 6.13. The lowest BCUT2D eigenvalue weighted by atomic mass is 9.91. The van der Waals surface area contributed by atoms with Gasteiger partial charge in [-0.1, -0.05) is 27.7 Å². The van der Waals surface area contributed by atoms with E-state index >= 15 is 0 Å². The molecule has 0 aromatic carbocycles. The van der Waals surface area contributed by atoms with Crippen LogP contribution in [-0.4, -0.2) is 25.6 Å². The van der Waals surface area contributed by atoms with Gasteiger partial charge >= 0.3 is 0 Å². The van der Waals surface area contributed by atoms with Gasteiger partial charge in [0.2, 0.25) is 0 Å². The molecule has 1 saturated carbocycles. The lowest BCUT2D eigenvalue weighted by Crippen LogP contribution is -2.39. The van der Waals surface area contributed by atoms with Crippen LogP contribution in [0.5, 0.6) is 0 Å². The predicted molar refractivity (Wildman–Crippen MR) is 70.8 cm³/mol. The molecule has 0 radical (unpaired) electrons. The van der Waals surface area contributed by atoms with E-state index in [0.29, 0.717) is 11.5 Å². The zero-order valence-electron chi connectivity index (χ0n) is 11.4. The van der Waals surface area contributed by atoms with Crippen LogP contribution in [0.4, 0.5) is 0 Å². The Morgan fingerprint density at radius 3 is 2.44 bits per heavy atom. The summed E-state index contributed by atoms with van der Waals surface area (Å²) in [5, 5.41) is 6.80. The lowest BCUT2D eigenvalue weighted by molar-refractivity contribution is 0.365. The van der Waals surface area contributed by atoms with E-state index in [-0.39, 0.29) is 0 Å². The fourth-order valence-electron chi connectivity index (χ4n) is 1.72. The quantitative estimate of drug-likeness (QED) is 0.438. The summed E-state index contributed by atoms with van der Waals surface area (Å²) in [5.74, 6) is 1.77. The van der Waals surface area contributed by atoms with Crippen LogP contribution in [0.25, 0.3) is 0 Å². The summed E-state index contributed by atoms with van der Waals surface area (Å²) in [6, 6.07) is 0.647. The third kappa shape index (κ3) is 5.38. The Labute approximate surface area is 100 Å². The van der Waals surface area contributed by atoms with Crippen molar-refractivity contribution in [2.24, 2.45) is 16.3 Å². The van der Waals surface area contributed by atoms with Crippen LogP contribution in [0.3, 0.4) is 0 Å². The van der Waals surface area contributed by atoms with Crippen molar-refractivity contribution in [3.8, 4) is 0 Å². The molecule has 0 aromatic rings. The molecule has 0 heterocycles. The van der Waals surface area contributed by atoms with Crippen molar-refractivity contribution in [1.82, 2.24) is 10.6 Å². The maximum absolute atomic E-state index is 4.23. The van der Waals surface area contributed by atoms with Gasteiger partial charge in [0.15, 0.2) is 5.96 Å². The fraction of sp³-hybridized carbons (Fsp3) is 0.923. The molecule has 0 aromatic heterocycles. The maximum Gasteiger partial charge on any atom is 0.191 e. The Kier molecular flexibility index (Phi) is 4.63. The van der Waals surface area contributed by atoms with Crippen molar-refractivity contribution in [1.29, 1.82) is 0 Å². The van der Waals surface area contributed by atoms with Gasteiger partial charge in [-0.15, -0.1) is 0 Å². The summed E-state index contributed by atoms with van der Waals surface area (Å²) in [6.45, 7) is 10.1. The highest BCUT2D eigenvalue weighted by molar-refractivity contribution is 5.80. The number of hydrogen-bond acceptors (Lipinski definition) is 1. The van der Waals surface area contributed by atoms with Crippen molar-refractivity contribution in [2.45, 2.75) is 53.0 Å². The normalized spacial score (nSPS) is 25.4. The molecule has 3 heteroatoms. The molecule has 0 saturated heterocycles. The highest BCUT2D eigenvalue weighted by atomic mass is 15.2. The monoisotopic (exact) mass is 225 g/mol. The van der Waals surface area contributed by atoms with E-state index in [1.165, 1.54) is 19.3 Å². The molecule has 0 amide bonds. The summed E-state index contributed by atoms with van der Waals surface area (Å²) in [5.41, 5.74) is 0.434. The molecule has 1 rings (SSSR count). The smallest absolute Gasteiger partial charge is 0.191 e. The molecule has 94 valence electrons. The average molecular weight is 225 g/mol. The molecular weight excluding hydrogens is 198 g/mol.